The summed E-state index contributed by atoms with van der Waals surface area (Å²) in [6.45, 7) is 10.3. The highest BCUT2D eigenvalue weighted by Gasteiger charge is 2.20. The molecule has 0 bridgehead atoms. The average molecular weight is 549 g/mol. The molecule has 7 nitrogen and oxygen atoms in total. The van der Waals surface area contributed by atoms with Crippen LogP contribution >= 0.6 is 15.9 Å². The summed E-state index contributed by atoms with van der Waals surface area (Å²) in [5, 5.41) is 0. The Morgan fingerprint density at radius 2 is 1.78 bits per heavy atom. The van der Waals surface area contributed by atoms with E-state index in [0.29, 0.717) is 11.5 Å². The normalized spacial score (nSPS) is 11.4. The van der Waals surface area contributed by atoms with Gasteiger partial charge in [0.2, 0.25) is 5.88 Å². The van der Waals surface area contributed by atoms with Crippen molar-refractivity contribution in [3.8, 4) is 28.6 Å². The number of hydrogen-bond donors (Lipinski definition) is 0. The van der Waals surface area contributed by atoms with E-state index in [-0.39, 0.29) is 27.9 Å². The Bertz CT molecular complexity index is 1470. The van der Waals surface area contributed by atoms with Crippen molar-refractivity contribution in [1.29, 1.82) is 0 Å². The Kier molecular flexibility index (Phi) is 7.26. The van der Waals surface area contributed by atoms with E-state index in [1.54, 1.807) is 18.6 Å². The molecule has 36 heavy (non-hydrogen) atoms. The van der Waals surface area contributed by atoms with E-state index in [0.717, 1.165) is 34.0 Å². The van der Waals surface area contributed by atoms with Gasteiger partial charge in [0.25, 0.3) is 5.56 Å². The minimum Gasteiger partial charge on any atom is -0.497 e. The molecule has 0 atom stereocenters. The van der Waals surface area contributed by atoms with Gasteiger partial charge >= 0.3 is 0 Å². The third kappa shape index (κ3) is 5.33. The Morgan fingerprint density at radius 1 is 1.03 bits per heavy atom. The van der Waals surface area contributed by atoms with Crippen LogP contribution in [0.3, 0.4) is 0 Å². The molecule has 2 aromatic carbocycles. The standard InChI is InChI=1S/C28H29BrN4O3/c1-17-15-30-27(28(3,4)5)32-24(17)20-10-8-11-21(14-20)33-18(2)31-25(23(29)26(33)34)36-16-19-9-7-12-22(13-19)35-6/h7-15H,16H2,1-6H3. The highest BCUT2D eigenvalue weighted by molar-refractivity contribution is 9.10. The third-order valence-corrected chi connectivity index (χ3v) is 6.37. The van der Waals surface area contributed by atoms with Crippen LogP contribution in [0.5, 0.6) is 11.6 Å². The fraction of sp³-hybridized carbons (Fsp3) is 0.286. The zero-order chi connectivity index (χ0) is 26.0. The molecule has 0 aliphatic heterocycles. The molecule has 8 heteroatoms. The molecule has 0 fully saturated rings. The van der Waals surface area contributed by atoms with Crippen LogP contribution in [0.25, 0.3) is 16.9 Å². The van der Waals surface area contributed by atoms with Crippen molar-refractivity contribution in [2.24, 2.45) is 0 Å². The summed E-state index contributed by atoms with van der Waals surface area (Å²) in [7, 11) is 1.62. The molecular formula is C28H29BrN4O3. The summed E-state index contributed by atoms with van der Waals surface area (Å²) in [6, 6.07) is 15.3. The second kappa shape index (κ2) is 10.2. The van der Waals surface area contributed by atoms with Crippen molar-refractivity contribution in [2.45, 2.75) is 46.6 Å². The first-order valence-corrected chi connectivity index (χ1v) is 12.4. The summed E-state index contributed by atoms with van der Waals surface area (Å²) < 4.78 is 13.0. The number of aryl methyl sites for hydroxylation is 2. The molecule has 0 amide bonds. The molecule has 0 spiro atoms. The van der Waals surface area contributed by atoms with Gasteiger partial charge in [-0.1, -0.05) is 45.0 Å². The first-order chi connectivity index (χ1) is 17.1. The second-order valence-corrected chi connectivity index (χ2v) is 10.4. The lowest BCUT2D eigenvalue weighted by molar-refractivity contribution is 0.288. The quantitative estimate of drug-likeness (QED) is 0.296. The third-order valence-electron chi connectivity index (χ3n) is 5.70. The lowest BCUT2D eigenvalue weighted by Gasteiger charge is -2.18. The summed E-state index contributed by atoms with van der Waals surface area (Å²) in [5.74, 6) is 2.26. The lowest BCUT2D eigenvalue weighted by atomic mass is 9.95. The molecule has 0 unspecified atom stereocenters. The second-order valence-electron chi connectivity index (χ2n) is 9.58. The molecule has 0 aliphatic rings. The molecule has 186 valence electrons. The van der Waals surface area contributed by atoms with Crippen molar-refractivity contribution in [3.05, 3.63) is 92.3 Å². The number of rotatable bonds is 6. The van der Waals surface area contributed by atoms with Gasteiger partial charge in [-0.3, -0.25) is 9.36 Å². The minimum atomic E-state index is -0.255. The van der Waals surface area contributed by atoms with Crippen LogP contribution in [0.1, 0.15) is 43.5 Å². The minimum absolute atomic E-state index is 0.177. The van der Waals surface area contributed by atoms with Crippen LogP contribution in [0.4, 0.5) is 0 Å². The molecule has 4 rings (SSSR count). The lowest BCUT2D eigenvalue weighted by Crippen LogP contribution is -2.24. The topological polar surface area (TPSA) is 79.1 Å². The molecular weight excluding hydrogens is 520 g/mol. The Morgan fingerprint density at radius 3 is 2.50 bits per heavy atom. The smallest absolute Gasteiger partial charge is 0.276 e. The van der Waals surface area contributed by atoms with Crippen LogP contribution in [0.2, 0.25) is 0 Å². The van der Waals surface area contributed by atoms with E-state index in [1.165, 1.54) is 0 Å². The van der Waals surface area contributed by atoms with Gasteiger partial charge in [0, 0.05) is 17.2 Å². The van der Waals surface area contributed by atoms with Gasteiger partial charge < -0.3 is 9.47 Å². The van der Waals surface area contributed by atoms with Gasteiger partial charge in [0.05, 0.1) is 18.5 Å². The Hall–Kier alpha value is -3.52. The summed E-state index contributed by atoms with van der Waals surface area (Å²) >= 11 is 3.40. The molecule has 0 aliphatic carbocycles. The van der Waals surface area contributed by atoms with Gasteiger partial charge in [-0.05, 0) is 65.2 Å². The maximum Gasteiger partial charge on any atom is 0.276 e. The van der Waals surface area contributed by atoms with Crippen molar-refractivity contribution in [1.82, 2.24) is 19.5 Å². The Balaban J connectivity index is 1.69. The number of nitrogens with zero attached hydrogens (tertiary/aromatic N) is 4. The molecule has 2 aromatic heterocycles. The van der Waals surface area contributed by atoms with Gasteiger partial charge in [0.15, 0.2) is 0 Å². The van der Waals surface area contributed by atoms with E-state index in [4.69, 9.17) is 14.5 Å². The highest BCUT2D eigenvalue weighted by atomic mass is 79.9. The fourth-order valence-corrected chi connectivity index (χ4v) is 4.16. The molecule has 2 heterocycles. The SMILES string of the molecule is COc1cccc(COc2nc(C)n(-c3cccc(-c4nc(C(C)(C)C)ncc4C)c3)c(=O)c2Br)c1. The first kappa shape index (κ1) is 25.6. The Labute approximate surface area is 219 Å². The first-order valence-electron chi connectivity index (χ1n) is 11.6. The fourth-order valence-electron chi connectivity index (χ4n) is 3.78. The molecule has 4 aromatic rings. The van der Waals surface area contributed by atoms with Crippen LogP contribution in [0.15, 0.2) is 64.0 Å². The van der Waals surface area contributed by atoms with Crippen LogP contribution in [0, 0.1) is 13.8 Å². The zero-order valence-corrected chi connectivity index (χ0v) is 22.9. The maximum absolute atomic E-state index is 13.4. The summed E-state index contributed by atoms with van der Waals surface area (Å²) in [6.07, 6.45) is 1.85. The van der Waals surface area contributed by atoms with E-state index in [1.807, 2.05) is 61.7 Å². The van der Waals surface area contributed by atoms with Crippen LogP contribution in [-0.4, -0.2) is 26.6 Å². The van der Waals surface area contributed by atoms with E-state index >= 15 is 0 Å². The maximum atomic E-state index is 13.4. The monoisotopic (exact) mass is 548 g/mol. The van der Waals surface area contributed by atoms with Crippen LogP contribution in [-0.2, 0) is 12.0 Å². The molecule has 0 radical (unpaired) electrons. The van der Waals surface area contributed by atoms with Crippen molar-refractivity contribution < 1.29 is 9.47 Å². The van der Waals surface area contributed by atoms with Crippen molar-refractivity contribution >= 4 is 15.9 Å². The summed E-state index contributed by atoms with van der Waals surface area (Å²) in [4.78, 5) is 27.3. The van der Waals surface area contributed by atoms with Gasteiger partial charge in [-0.25, -0.2) is 9.97 Å². The highest BCUT2D eigenvalue weighted by Crippen LogP contribution is 2.28. The predicted octanol–water partition coefficient (Wildman–Crippen LogP) is 5.95. The molecule has 0 N–H and O–H groups in total. The number of methoxy groups -OCH3 is 1. The number of halogens is 1. The zero-order valence-electron chi connectivity index (χ0n) is 21.3. The predicted molar refractivity (Wildman–Crippen MR) is 144 cm³/mol. The van der Waals surface area contributed by atoms with E-state index in [9.17, 15) is 4.79 Å². The summed E-state index contributed by atoms with van der Waals surface area (Å²) in [5.41, 5.74) is 3.87. The number of benzene rings is 2. The largest absolute Gasteiger partial charge is 0.497 e. The molecule has 0 saturated carbocycles. The average Bonchev–Trinajstić information content (AvgIpc) is 2.85. The number of aromatic nitrogens is 4. The van der Waals surface area contributed by atoms with Crippen LogP contribution < -0.4 is 15.0 Å². The molecule has 0 saturated heterocycles. The van der Waals surface area contributed by atoms with Crippen molar-refractivity contribution in [2.75, 3.05) is 7.11 Å². The van der Waals surface area contributed by atoms with E-state index < -0.39 is 0 Å². The van der Waals surface area contributed by atoms with Gasteiger partial charge in [0.1, 0.15) is 28.5 Å². The van der Waals surface area contributed by atoms with E-state index in [2.05, 4.69) is 46.7 Å². The van der Waals surface area contributed by atoms with Gasteiger partial charge in [-0.2, -0.15) is 4.98 Å². The van der Waals surface area contributed by atoms with Crippen molar-refractivity contribution in [3.63, 3.8) is 0 Å². The van der Waals surface area contributed by atoms with Gasteiger partial charge in [-0.15, -0.1) is 0 Å². The number of ether oxygens (including phenoxy) is 2. The number of hydrogen-bond acceptors (Lipinski definition) is 6.